The highest BCUT2D eigenvalue weighted by molar-refractivity contribution is 8.76. The summed E-state index contributed by atoms with van der Waals surface area (Å²) in [5.41, 5.74) is 4.20. The van der Waals surface area contributed by atoms with Crippen molar-refractivity contribution in [2.24, 2.45) is 34.6 Å². The zero-order chi connectivity index (χ0) is 45.8. The Balaban J connectivity index is 0.00000123. The number of hydrogen-bond acceptors (Lipinski definition) is 15. The number of rotatable bonds is 21. The van der Waals surface area contributed by atoms with Gasteiger partial charge in [0.1, 0.15) is 11.4 Å². The molecule has 0 saturated heterocycles. The summed E-state index contributed by atoms with van der Waals surface area (Å²) in [5.74, 6) is 5.88. The van der Waals surface area contributed by atoms with Gasteiger partial charge in [0, 0.05) is 64.9 Å². The maximum absolute atomic E-state index is 12.0. The summed E-state index contributed by atoms with van der Waals surface area (Å²) in [5, 5.41) is 33.4. The lowest BCUT2D eigenvalue weighted by molar-refractivity contribution is -0.657. The third-order valence-corrected chi connectivity index (χ3v) is 11.5. The number of aryl methyl sites for hydroxylation is 2. The largest absolute Gasteiger partial charge is 0.421 e. The maximum Gasteiger partial charge on any atom is 0.421 e. The first-order chi connectivity index (χ1) is 29.1. The van der Waals surface area contributed by atoms with E-state index in [-0.39, 0.29) is 11.8 Å². The summed E-state index contributed by atoms with van der Waals surface area (Å²) in [6.07, 6.45) is 6.23. The highest BCUT2D eigenvalue weighted by atomic mass is 33.1. The predicted octanol–water partition coefficient (Wildman–Crippen LogP) is 6.00. The van der Waals surface area contributed by atoms with Crippen LogP contribution in [-0.4, -0.2) is 108 Å². The smallest absolute Gasteiger partial charge is 0.382 e. The van der Waals surface area contributed by atoms with Gasteiger partial charge >= 0.3 is 23.3 Å². The Morgan fingerprint density at radius 3 is 1.75 bits per heavy atom. The van der Waals surface area contributed by atoms with E-state index < -0.39 is 21.4 Å². The van der Waals surface area contributed by atoms with E-state index in [0.29, 0.717) is 60.6 Å². The molecular weight excluding hydrogens is 869 g/mol. The zero-order valence-corrected chi connectivity index (χ0v) is 39.6. The molecular formula is C37H60N12O8S4+2. The van der Waals surface area contributed by atoms with Crippen LogP contribution in [0.2, 0.25) is 0 Å². The molecule has 3 aromatic rings. The quantitative estimate of drug-likeness (QED) is 0.0158. The van der Waals surface area contributed by atoms with Gasteiger partial charge in [0.15, 0.2) is 10.1 Å². The van der Waals surface area contributed by atoms with Gasteiger partial charge in [-0.05, 0) is 36.4 Å². The molecule has 24 heteroatoms. The van der Waals surface area contributed by atoms with Crippen LogP contribution in [0.3, 0.4) is 0 Å². The summed E-state index contributed by atoms with van der Waals surface area (Å²) in [6, 6.07) is 11.1. The molecule has 1 heterocycles. The average molecular weight is 929 g/mol. The van der Waals surface area contributed by atoms with Crippen LogP contribution >= 0.6 is 21.6 Å². The van der Waals surface area contributed by atoms with Gasteiger partial charge in [0.25, 0.3) is 0 Å². The molecule has 338 valence electrons. The molecule has 0 aliphatic heterocycles. The van der Waals surface area contributed by atoms with Crippen LogP contribution in [-0.2, 0) is 61.9 Å². The summed E-state index contributed by atoms with van der Waals surface area (Å²) in [7, 11) is 13.4. The normalized spacial score (nSPS) is 11.6. The van der Waals surface area contributed by atoms with E-state index >= 15 is 0 Å². The second-order valence-corrected chi connectivity index (χ2v) is 17.3. The van der Waals surface area contributed by atoms with Gasteiger partial charge in [-0.2, -0.15) is 4.21 Å². The number of carbonyl (C=O) groups excluding carboxylic acids is 2. The summed E-state index contributed by atoms with van der Waals surface area (Å²) < 4.78 is 42.6. The average Bonchev–Trinajstić information content (AvgIpc) is 3.60. The van der Waals surface area contributed by atoms with Gasteiger partial charge < -0.3 is 21.3 Å². The van der Waals surface area contributed by atoms with E-state index in [0.717, 1.165) is 22.9 Å². The molecule has 0 aliphatic carbocycles. The third kappa shape index (κ3) is 21.6. The molecule has 0 aliphatic rings. The molecule has 1 aromatic heterocycles. The minimum atomic E-state index is -2.66. The van der Waals surface area contributed by atoms with Gasteiger partial charge in [-0.1, -0.05) is 52.2 Å². The summed E-state index contributed by atoms with van der Waals surface area (Å²) in [4.78, 5) is 23.9. The standard InChI is InChI=1S/C32H44N12O2S2.C3H8O3S.C2H6O3S/c1-8-29(45)36-23-11-13-25(27(21-23)38-40-31(33-4)42(5)10-3)34-15-19-47-48-20-16-35-26-14-12-24(37-30(46)9-2)22-28(26)39-41-32-43(6)17-18-44(32)7;1-5-7(3,4)6-2;1-4-6(3)5-2/h10-14,17-18,21-22H,3,8-9,15-16,19-20H2,1-2,4-7H3,(H3,33,34,35,36,37,38,39,40,45,46);3H2,1-2H3;1-2H3/p+2. The fourth-order valence-electron chi connectivity index (χ4n) is 4.20. The van der Waals surface area contributed by atoms with Crippen LogP contribution in [0.25, 0.3) is 0 Å². The van der Waals surface area contributed by atoms with Crippen LogP contribution in [0.4, 0.5) is 40.1 Å². The molecule has 0 unspecified atom stereocenters. The molecule has 0 fully saturated rings. The highest BCUT2D eigenvalue weighted by Crippen LogP contribution is 2.32. The van der Waals surface area contributed by atoms with E-state index in [1.165, 1.54) is 28.4 Å². The number of nitrogens with zero attached hydrogens (tertiary/aromatic N) is 7. The minimum absolute atomic E-state index is 0.0637. The van der Waals surface area contributed by atoms with Crippen molar-refractivity contribution in [3.05, 3.63) is 61.6 Å². The van der Waals surface area contributed by atoms with Gasteiger partial charge in [-0.25, -0.2) is 17.9 Å². The minimum Gasteiger partial charge on any atom is -0.382 e. The molecule has 0 bridgehead atoms. The van der Waals surface area contributed by atoms with Crippen molar-refractivity contribution in [2.45, 2.75) is 26.7 Å². The molecule has 0 spiro atoms. The number of imidazole rings is 1. The SMILES string of the molecule is C=C[N+](C)=C(N=Nc1cc(NC(=O)CC)ccc1NCCSSCCNc1ccc(NC(=O)CC)cc1N=Nc1n(C)cc[n+]1C)NC.C=S(=O)(OC)OC.COS(=O)OC. The van der Waals surface area contributed by atoms with E-state index in [1.807, 2.05) is 79.9 Å². The van der Waals surface area contributed by atoms with E-state index in [4.69, 9.17) is 0 Å². The molecule has 3 rings (SSSR count). The van der Waals surface area contributed by atoms with Crippen molar-refractivity contribution in [2.75, 3.05) is 88.4 Å². The number of anilines is 4. The number of nitrogens with one attached hydrogen (secondary N) is 5. The number of amides is 2. The van der Waals surface area contributed by atoms with Crippen molar-refractivity contribution in [1.29, 1.82) is 0 Å². The Hall–Kier alpha value is -4.69. The number of benzene rings is 2. The zero-order valence-electron chi connectivity index (χ0n) is 36.4. The van der Waals surface area contributed by atoms with Gasteiger partial charge in [-0.15, -0.1) is 0 Å². The first-order valence-electron chi connectivity index (χ1n) is 18.5. The van der Waals surface area contributed by atoms with Crippen LogP contribution in [0.15, 0.2) is 82.0 Å². The van der Waals surface area contributed by atoms with Crippen molar-refractivity contribution < 1.29 is 43.9 Å². The number of azo groups is 2. The summed E-state index contributed by atoms with van der Waals surface area (Å²) in [6.45, 7) is 8.80. The topological polar surface area (TPSA) is 227 Å². The molecule has 5 N–H and O–H groups in total. The Bertz CT molecular complexity index is 2040. The summed E-state index contributed by atoms with van der Waals surface area (Å²) >= 11 is -1.53. The Morgan fingerprint density at radius 1 is 0.902 bits per heavy atom. The lowest BCUT2D eigenvalue weighted by Crippen LogP contribution is -2.25. The van der Waals surface area contributed by atoms with Crippen LogP contribution in [0, 0.1) is 0 Å². The molecule has 20 nitrogen and oxygen atoms in total. The number of guanidine groups is 1. The molecule has 0 saturated carbocycles. The lowest BCUT2D eigenvalue weighted by Gasteiger charge is -2.11. The van der Waals surface area contributed by atoms with Crippen molar-refractivity contribution in [3.8, 4) is 0 Å². The lowest BCUT2D eigenvalue weighted by atomic mass is 10.2. The second kappa shape index (κ2) is 30.4. The predicted molar refractivity (Wildman–Crippen MR) is 250 cm³/mol. The van der Waals surface area contributed by atoms with Crippen molar-refractivity contribution in [3.63, 3.8) is 0 Å². The van der Waals surface area contributed by atoms with Crippen molar-refractivity contribution in [1.82, 2.24) is 9.88 Å². The Morgan fingerprint density at radius 2 is 1.39 bits per heavy atom. The molecule has 61 heavy (non-hydrogen) atoms. The fourth-order valence-corrected chi connectivity index (χ4v) is 6.28. The van der Waals surface area contributed by atoms with E-state index in [1.54, 1.807) is 52.4 Å². The first-order valence-corrected chi connectivity index (χ1v) is 23.5. The van der Waals surface area contributed by atoms with Gasteiger partial charge in [0.05, 0.1) is 86.6 Å². The maximum atomic E-state index is 12.0. The third-order valence-electron chi connectivity index (χ3n) is 7.55. The van der Waals surface area contributed by atoms with Crippen LogP contribution < -0.4 is 31.2 Å². The number of hydrogen-bond donors (Lipinski definition) is 5. The van der Waals surface area contributed by atoms with Gasteiger partial charge in [0.2, 0.25) is 11.8 Å². The first kappa shape index (κ1) is 54.3. The van der Waals surface area contributed by atoms with Crippen LogP contribution in [0.5, 0.6) is 0 Å². The molecule has 2 amide bonds. The van der Waals surface area contributed by atoms with Crippen LogP contribution in [0.1, 0.15) is 26.7 Å². The number of aromatic nitrogens is 2. The highest BCUT2D eigenvalue weighted by Gasteiger charge is 2.13. The monoisotopic (exact) mass is 928 g/mol. The fraction of sp³-hybridized carbons (Fsp3) is 0.432. The molecule has 0 radical (unpaired) electrons. The number of carbonyl (C=O) groups is 2. The Kier molecular flexibility index (Phi) is 27.0. The molecule has 0 atom stereocenters. The van der Waals surface area contributed by atoms with E-state index in [9.17, 15) is 18.0 Å². The Labute approximate surface area is 370 Å². The van der Waals surface area contributed by atoms with Gasteiger partial charge in [-0.3, -0.25) is 31.6 Å². The van der Waals surface area contributed by atoms with E-state index in [2.05, 4.69) is 76.2 Å². The molecule has 2 aromatic carbocycles. The second-order valence-electron chi connectivity index (χ2n) is 11.8. The van der Waals surface area contributed by atoms with Crippen molar-refractivity contribution >= 4 is 107 Å².